The number of thiophene rings is 4. The van der Waals surface area contributed by atoms with Gasteiger partial charge in [-0.25, -0.2) is 0 Å². The summed E-state index contributed by atoms with van der Waals surface area (Å²) in [6, 6.07) is 0. The van der Waals surface area contributed by atoms with Crippen LogP contribution in [0, 0.1) is 13.8 Å². The molecule has 24 nitrogen and oxygen atoms in total. The highest BCUT2D eigenvalue weighted by Crippen LogP contribution is 2.64. The Hall–Kier alpha value is -3.44. The van der Waals surface area contributed by atoms with Crippen LogP contribution in [0.1, 0.15) is 168 Å². The largest absolute Gasteiger partial charge is 0.486 e. The molecular weight excluding hydrogens is 1500 g/mol. The number of hydrogen-bond donors (Lipinski definition) is 0. The number of unbranched alkanes of at least 4 members (excludes halogenated alkanes) is 8. The molecule has 0 aliphatic heterocycles. The third-order valence-corrected chi connectivity index (χ3v) is 21.1. The van der Waals surface area contributed by atoms with Gasteiger partial charge in [0.05, 0.1) is 188 Å². The van der Waals surface area contributed by atoms with Crippen molar-refractivity contribution in [3.05, 3.63) is 9.75 Å². The molecule has 4 heterocycles. The lowest BCUT2D eigenvalue weighted by Crippen LogP contribution is -2.14. The molecule has 0 aromatic carbocycles. The topological polar surface area (TPSA) is 222 Å². The lowest BCUT2D eigenvalue weighted by atomic mass is 10.2. The van der Waals surface area contributed by atoms with Gasteiger partial charge in [-0.1, -0.05) is 107 Å². The summed E-state index contributed by atoms with van der Waals surface area (Å²) < 4.78 is 152. The molecule has 110 heavy (non-hydrogen) atoms. The first-order valence-electron chi connectivity index (χ1n) is 41.2. The van der Waals surface area contributed by atoms with Crippen molar-refractivity contribution in [1.82, 2.24) is 0 Å². The highest BCUT2D eigenvalue weighted by atomic mass is 32.1. The molecule has 638 valence electrons. The fourth-order valence-corrected chi connectivity index (χ4v) is 14.8. The van der Waals surface area contributed by atoms with Gasteiger partial charge in [0, 0.05) is 62.6 Å². The van der Waals surface area contributed by atoms with Crippen LogP contribution in [0.5, 0.6) is 46.0 Å². The second-order valence-corrected chi connectivity index (χ2v) is 30.0. The molecule has 0 saturated carbocycles. The number of aryl methyl sites for hydroxylation is 2. The van der Waals surface area contributed by atoms with E-state index in [1.807, 2.05) is 13.8 Å². The zero-order valence-corrected chi connectivity index (χ0v) is 72.3. The third kappa shape index (κ3) is 43.5. The van der Waals surface area contributed by atoms with Crippen LogP contribution in [-0.4, -0.2) is 264 Å². The van der Waals surface area contributed by atoms with Crippen LogP contribution < -0.4 is 37.9 Å². The van der Waals surface area contributed by atoms with Crippen LogP contribution in [0.3, 0.4) is 0 Å². The number of hydrogen-bond acceptors (Lipinski definition) is 28. The van der Waals surface area contributed by atoms with E-state index in [-0.39, 0.29) is 79.3 Å². The van der Waals surface area contributed by atoms with E-state index in [0.29, 0.717) is 250 Å². The first kappa shape index (κ1) is 98.9. The predicted molar refractivity (Wildman–Crippen MR) is 440 cm³/mol. The minimum Gasteiger partial charge on any atom is -0.486 e. The highest BCUT2D eigenvalue weighted by Gasteiger charge is 2.36. The smallest absolute Gasteiger partial charge is 0.181 e. The molecule has 4 rings (SSSR count). The van der Waals surface area contributed by atoms with Gasteiger partial charge in [0.1, 0.15) is 52.9 Å². The molecule has 0 spiro atoms. The molecule has 0 bridgehead atoms. The Bertz CT molecular complexity index is 2560. The average Bonchev–Trinajstić information content (AvgIpc) is 1.58. The van der Waals surface area contributed by atoms with Crippen LogP contribution in [0.25, 0.3) is 29.3 Å². The van der Waals surface area contributed by atoms with Gasteiger partial charge in [-0.15, -0.1) is 45.3 Å². The second kappa shape index (κ2) is 69.8. The summed E-state index contributed by atoms with van der Waals surface area (Å²) in [7, 11) is 0. The Balaban J connectivity index is 2.08. The van der Waals surface area contributed by atoms with Gasteiger partial charge < -0.3 is 114 Å². The Labute approximate surface area is 676 Å². The van der Waals surface area contributed by atoms with E-state index in [1.54, 1.807) is 0 Å². The average molecular weight is 1640 g/mol. The Morgan fingerprint density at radius 1 is 0.145 bits per heavy atom. The summed E-state index contributed by atoms with van der Waals surface area (Å²) >= 11 is 6.04. The van der Waals surface area contributed by atoms with E-state index in [9.17, 15) is 0 Å². The van der Waals surface area contributed by atoms with Crippen molar-refractivity contribution in [3.63, 3.8) is 0 Å². The van der Waals surface area contributed by atoms with Gasteiger partial charge in [0.25, 0.3) is 0 Å². The molecule has 28 heteroatoms. The molecule has 0 aliphatic rings. The van der Waals surface area contributed by atoms with E-state index >= 15 is 0 Å². The predicted octanol–water partition coefficient (Wildman–Crippen LogP) is 17.2. The fourth-order valence-electron chi connectivity index (χ4n) is 10.0. The monoisotopic (exact) mass is 1640 g/mol. The van der Waals surface area contributed by atoms with Crippen molar-refractivity contribution < 1.29 is 114 Å². The normalized spacial score (nSPS) is 11.6. The highest BCUT2D eigenvalue weighted by molar-refractivity contribution is 7.29. The summed E-state index contributed by atoms with van der Waals surface area (Å²) in [5, 5.41) is 0. The summed E-state index contributed by atoms with van der Waals surface area (Å²) in [4.78, 5) is 6.06. The molecule has 0 N–H and O–H groups in total. The van der Waals surface area contributed by atoms with E-state index in [4.69, 9.17) is 114 Å². The zero-order valence-electron chi connectivity index (χ0n) is 69.0. The maximum atomic E-state index is 7.19. The first-order valence-corrected chi connectivity index (χ1v) is 44.5. The summed E-state index contributed by atoms with van der Waals surface area (Å²) in [6.07, 6.45) is 16.3. The van der Waals surface area contributed by atoms with Crippen LogP contribution >= 0.6 is 45.3 Å². The Morgan fingerprint density at radius 2 is 0.264 bits per heavy atom. The van der Waals surface area contributed by atoms with Crippen LogP contribution in [0.2, 0.25) is 0 Å². The molecule has 0 fully saturated rings. The van der Waals surface area contributed by atoms with E-state index in [1.165, 1.54) is 45.3 Å². The van der Waals surface area contributed by atoms with Crippen molar-refractivity contribution in [2.45, 2.75) is 172 Å². The third-order valence-electron chi connectivity index (χ3n) is 16.1. The quantitative estimate of drug-likeness (QED) is 0.0375. The zero-order chi connectivity index (χ0) is 78.6. The van der Waals surface area contributed by atoms with Crippen molar-refractivity contribution >= 4 is 45.3 Å². The SMILES string of the molecule is CCCCOCCOCCOc1c(C)sc(-c2sc(-c3sc(-c4sc(C)c(OCCOCCOCCCC)c4OCCOCCOCCCC)c(OCCOCCOCCCC)c3OCCOCCOCCCC)c(OCCOCCOCCCC)c2OCCOCCOCCCC)c1OCCOCCOCCCC. The van der Waals surface area contributed by atoms with Gasteiger partial charge in [-0.05, 0) is 65.2 Å². The van der Waals surface area contributed by atoms with Crippen molar-refractivity contribution in [3.8, 4) is 75.3 Å². The van der Waals surface area contributed by atoms with Gasteiger partial charge in [0.15, 0.2) is 46.0 Å². The van der Waals surface area contributed by atoms with Crippen LogP contribution in [0.4, 0.5) is 0 Å². The maximum absolute atomic E-state index is 7.19. The van der Waals surface area contributed by atoms with Gasteiger partial charge in [0.2, 0.25) is 0 Å². The van der Waals surface area contributed by atoms with Crippen molar-refractivity contribution in [2.24, 2.45) is 0 Å². The molecule has 0 aliphatic carbocycles. The molecule has 4 aromatic rings. The molecule has 0 unspecified atom stereocenters. The minimum absolute atomic E-state index is 0.140. The molecule has 0 atom stereocenters. The van der Waals surface area contributed by atoms with Gasteiger partial charge >= 0.3 is 0 Å². The number of rotatable bonds is 83. The fraction of sp³-hybridized carbons (Fsp3) is 0.805. The number of ether oxygens (including phenoxy) is 24. The minimum atomic E-state index is 0.140. The summed E-state index contributed by atoms with van der Waals surface area (Å²) in [6.45, 7) is 37.5. The lowest BCUT2D eigenvalue weighted by Gasteiger charge is -2.15. The van der Waals surface area contributed by atoms with E-state index in [0.717, 1.165) is 122 Å². The lowest BCUT2D eigenvalue weighted by molar-refractivity contribution is 0.0323. The first-order chi connectivity index (χ1) is 54.3. The maximum Gasteiger partial charge on any atom is 0.181 e. The van der Waals surface area contributed by atoms with Crippen LogP contribution in [0.15, 0.2) is 0 Å². The van der Waals surface area contributed by atoms with Gasteiger partial charge in [-0.3, -0.25) is 0 Å². The molecule has 0 radical (unpaired) electrons. The molecular formula is C82H142O24S4. The molecule has 4 aromatic heterocycles. The van der Waals surface area contributed by atoms with Gasteiger partial charge in [-0.2, -0.15) is 0 Å². The van der Waals surface area contributed by atoms with Crippen LogP contribution in [-0.2, 0) is 75.8 Å². The standard InChI is InChI=1S/C82H142O24S4/c1-11-19-27-83-35-43-91-51-59-99-69-67(9)107-77(71(69)101-61-53-93-45-37-85-29-21-13-3)79-73(103-63-55-95-47-39-87-31-23-15-5)75(105-65-57-97-49-41-89-33-25-17-7)81(109-79)82-76(106-66-58-98-50-42-90-34-26-18-8)74(104-64-56-96-48-40-88-32-24-16-6)80(110-82)78-72(102-62-54-94-46-38-86-30-22-14-4)70(68(10)108-78)100-60-52-92-44-36-84-28-20-12-2/h11-66H2,1-10H3. The van der Waals surface area contributed by atoms with Crippen molar-refractivity contribution in [1.29, 1.82) is 0 Å². The molecule has 0 saturated heterocycles. The second-order valence-electron chi connectivity index (χ2n) is 25.5. The Kier molecular flexibility index (Phi) is 62.8. The van der Waals surface area contributed by atoms with E-state index < -0.39 is 0 Å². The molecule has 0 amide bonds. The summed E-state index contributed by atoms with van der Waals surface area (Å²) in [5.41, 5.74) is 0. The van der Waals surface area contributed by atoms with E-state index in [2.05, 4.69) is 55.4 Å². The Morgan fingerprint density at radius 3 is 0.418 bits per heavy atom. The van der Waals surface area contributed by atoms with Crippen molar-refractivity contribution in [2.75, 3.05) is 264 Å². The summed E-state index contributed by atoms with van der Waals surface area (Å²) in [5.74, 6) is 4.02.